The van der Waals surface area contributed by atoms with E-state index in [0.29, 0.717) is 17.8 Å². The van der Waals surface area contributed by atoms with Crippen molar-refractivity contribution in [3.63, 3.8) is 0 Å². The number of pyridine rings is 1. The van der Waals surface area contributed by atoms with Crippen LogP contribution < -0.4 is 15.5 Å². The standard InChI is InChI=1S/C19H33N5OS.HI/c1-5-20-19(22-14-15-10-11-21-18(12-15)24(3)4)23-16-8-7-9-17(13-16)26(25)6-2;/h10-12,16-17H,5-9,13-14H2,1-4H3,(H2,20,22,23);1H. The van der Waals surface area contributed by atoms with Crippen molar-refractivity contribution in [2.24, 2.45) is 4.99 Å². The van der Waals surface area contributed by atoms with Gasteiger partial charge in [-0.3, -0.25) is 4.21 Å². The maximum atomic E-state index is 12.1. The molecule has 0 radical (unpaired) electrons. The maximum absolute atomic E-state index is 12.1. The molecule has 2 N–H and O–H groups in total. The van der Waals surface area contributed by atoms with Gasteiger partial charge in [-0.15, -0.1) is 24.0 Å². The number of hydrogen-bond acceptors (Lipinski definition) is 4. The molecule has 2 rings (SSSR count). The zero-order valence-corrected chi connectivity index (χ0v) is 20.0. The Morgan fingerprint density at radius 3 is 2.81 bits per heavy atom. The minimum atomic E-state index is -0.705. The van der Waals surface area contributed by atoms with Crippen molar-refractivity contribution in [2.45, 2.75) is 57.4 Å². The van der Waals surface area contributed by atoms with Gasteiger partial charge in [0.1, 0.15) is 5.82 Å². The minimum Gasteiger partial charge on any atom is -0.363 e. The van der Waals surface area contributed by atoms with Gasteiger partial charge in [-0.05, 0) is 43.9 Å². The van der Waals surface area contributed by atoms with E-state index in [-0.39, 0.29) is 24.0 Å². The van der Waals surface area contributed by atoms with E-state index in [1.54, 1.807) is 0 Å². The van der Waals surface area contributed by atoms with E-state index in [1.165, 1.54) is 0 Å². The van der Waals surface area contributed by atoms with E-state index >= 15 is 0 Å². The topological polar surface area (TPSA) is 69.6 Å². The zero-order chi connectivity index (χ0) is 18.9. The highest BCUT2D eigenvalue weighted by molar-refractivity contribution is 14.0. The van der Waals surface area contributed by atoms with Gasteiger partial charge in [0.2, 0.25) is 0 Å². The molecule has 1 aliphatic rings. The van der Waals surface area contributed by atoms with Gasteiger partial charge in [-0.25, -0.2) is 9.98 Å². The fourth-order valence-electron chi connectivity index (χ4n) is 3.24. The Balaban J connectivity index is 0.00000364. The molecule has 3 unspecified atom stereocenters. The largest absolute Gasteiger partial charge is 0.363 e. The summed E-state index contributed by atoms with van der Waals surface area (Å²) >= 11 is 0. The second kappa shape index (κ2) is 12.5. The average Bonchev–Trinajstić information content (AvgIpc) is 2.66. The number of rotatable bonds is 7. The van der Waals surface area contributed by atoms with Crippen LogP contribution >= 0.6 is 24.0 Å². The highest BCUT2D eigenvalue weighted by Gasteiger charge is 2.26. The van der Waals surface area contributed by atoms with E-state index in [0.717, 1.165) is 55.3 Å². The molecular formula is C19H34IN5OS. The number of hydrogen-bond donors (Lipinski definition) is 2. The molecule has 1 aromatic heterocycles. The van der Waals surface area contributed by atoms with E-state index < -0.39 is 10.8 Å². The van der Waals surface area contributed by atoms with E-state index in [1.807, 2.05) is 38.2 Å². The summed E-state index contributed by atoms with van der Waals surface area (Å²) in [6.07, 6.45) is 6.11. The minimum absolute atomic E-state index is 0. The smallest absolute Gasteiger partial charge is 0.191 e. The van der Waals surface area contributed by atoms with Crippen LogP contribution in [0.4, 0.5) is 5.82 Å². The van der Waals surface area contributed by atoms with Crippen LogP contribution in [0, 0.1) is 0 Å². The number of aliphatic imine (C=N–C) groups is 1. The van der Waals surface area contributed by atoms with Crippen molar-refractivity contribution >= 4 is 46.6 Å². The molecule has 0 saturated heterocycles. The summed E-state index contributed by atoms with van der Waals surface area (Å²) in [4.78, 5) is 11.1. The Hall–Kier alpha value is -0.900. The van der Waals surface area contributed by atoms with Crippen molar-refractivity contribution in [3.8, 4) is 0 Å². The summed E-state index contributed by atoms with van der Waals surface area (Å²) in [6, 6.07) is 4.41. The third kappa shape index (κ3) is 7.93. The summed E-state index contributed by atoms with van der Waals surface area (Å²) in [5.41, 5.74) is 1.13. The Morgan fingerprint density at radius 1 is 1.37 bits per heavy atom. The van der Waals surface area contributed by atoms with Crippen LogP contribution in [-0.2, 0) is 17.3 Å². The lowest BCUT2D eigenvalue weighted by Gasteiger charge is -2.30. The highest BCUT2D eigenvalue weighted by Crippen LogP contribution is 2.23. The molecule has 8 heteroatoms. The van der Waals surface area contributed by atoms with E-state index in [4.69, 9.17) is 4.99 Å². The van der Waals surface area contributed by atoms with Gasteiger partial charge < -0.3 is 15.5 Å². The van der Waals surface area contributed by atoms with Crippen LogP contribution in [0.5, 0.6) is 0 Å². The fourth-order valence-corrected chi connectivity index (χ4v) is 4.59. The van der Waals surface area contributed by atoms with E-state index in [2.05, 4.69) is 28.6 Å². The van der Waals surface area contributed by atoms with Crippen molar-refractivity contribution in [1.82, 2.24) is 15.6 Å². The third-order valence-corrected chi connectivity index (χ3v) is 6.40. The van der Waals surface area contributed by atoms with Crippen LogP contribution in [0.2, 0.25) is 0 Å². The quantitative estimate of drug-likeness (QED) is 0.338. The lowest BCUT2D eigenvalue weighted by Crippen LogP contribution is -2.46. The molecule has 27 heavy (non-hydrogen) atoms. The molecule has 6 nitrogen and oxygen atoms in total. The Labute approximate surface area is 183 Å². The van der Waals surface area contributed by atoms with Gasteiger partial charge in [0.15, 0.2) is 5.96 Å². The molecular weight excluding hydrogens is 473 g/mol. The van der Waals surface area contributed by atoms with Crippen molar-refractivity contribution in [2.75, 3.05) is 31.3 Å². The normalized spacial score (nSPS) is 21.1. The predicted octanol–water partition coefficient (Wildman–Crippen LogP) is 2.90. The van der Waals surface area contributed by atoms with Gasteiger partial charge in [-0.1, -0.05) is 13.3 Å². The molecule has 0 aliphatic heterocycles. The first-order valence-corrected chi connectivity index (χ1v) is 11.0. The second-order valence-corrected chi connectivity index (χ2v) is 8.92. The van der Waals surface area contributed by atoms with Crippen molar-refractivity contribution < 1.29 is 4.21 Å². The van der Waals surface area contributed by atoms with Crippen LogP contribution in [0.15, 0.2) is 23.3 Å². The molecule has 0 bridgehead atoms. The molecule has 3 atom stereocenters. The number of nitrogens with zero attached hydrogens (tertiary/aromatic N) is 3. The molecule has 0 amide bonds. The molecule has 154 valence electrons. The molecule has 0 aromatic carbocycles. The molecule has 1 aliphatic carbocycles. The van der Waals surface area contributed by atoms with Gasteiger partial charge in [-0.2, -0.15) is 0 Å². The Bertz CT molecular complexity index is 626. The molecule has 1 heterocycles. The van der Waals surface area contributed by atoms with Crippen LogP contribution in [0.25, 0.3) is 0 Å². The van der Waals surface area contributed by atoms with Crippen molar-refractivity contribution in [3.05, 3.63) is 23.9 Å². The number of anilines is 1. The Morgan fingerprint density at radius 2 is 2.15 bits per heavy atom. The summed E-state index contributed by atoms with van der Waals surface area (Å²) in [5.74, 6) is 2.53. The van der Waals surface area contributed by atoms with Gasteiger partial charge in [0.25, 0.3) is 0 Å². The monoisotopic (exact) mass is 507 g/mol. The summed E-state index contributed by atoms with van der Waals surface area (Å²) < 4.78 is 12.1. The summed E-state index contributed by atoms with van der Waals surface area (Å²) in [5, 5.41) is 7.20. The molecule has 0 spiro atoms. The molecule has 1 aromatic rings. The van der Waals surface area contributed by atoms with Crippen LogP contribution in [-0.4, -0.2) is 52.8 Å². The molecule has 1 fully saturated rings. The van der Waals surface area contributed by atoms with Gasteiger partial charge in [0.05, 0.1) is 6.54 Å². The zero-order valence-electron chi connectivity index (χ0n) is 16.9. The second-order valence-electron chi connectivity index (χ2n) is 6.91. The molecule has 1 saturated carbocycles. The number of aromatic nitrogens is 1. The lowest BCUT2D eigenvalue weighted by atomic mass is 9.95. The predicted molar refractivity (Wildman–Crippen MR) is 127 cm³/mol. The highest BCUT2D eigenvalue weighted by atomic mass is 127. The maximum Gasteiger partial charge on any atom is 0.191 e. The Kier molecular flexibility index (Phi) is 11.2. The van der Waals surface area contributed by atoms with E-state index in [9.17, 15) is 4.21 Å². The summed E-state index contributed by atoms with van der Waals surface area (Å²) in [7, 11) is 3.27. The SMILES string of the molecule is CCNC(=NCc1ccnc(N(C)C)c1)NC1CCCC(S(=O)CC)C1.I. The van der Waals surface area contributed by atoms with Gasteiger partial charge in [0, 0.05) is 54.7 Å². The fraction of sp³-hybridized carbons (Fsp3) is 0.684. The number of guanidine groups is 1. The first-order chi connectivity index (χ1) is 12.5. The van der Waals surface area contributed by atoms with Gasteiger partial charge >= 0.3 is 0 Å². The van der Waals surface area contributed by atoms with Crippen LogP contribution in [0.1, 0.15) is 45.1 Å². The first kappa shape index (κ1) is 24.1. The number of halogens is 1. The number of nitrogens with one attached hydrogen (secondary N) is 2. The van der Waals surface area contributed by atoms with Crippen LogP contribution in [0.3, 0.4) is 0 Å². The summed E-state index contributed by atoms with van der Waals surface area (Å²) in [6.45, 7) is 5.51. The third-order valence-electron chi connectivity index (χ3n) is 4.66. The lowest BCUT2D eigenvalue weighted by molar-refractivity contribution is 0.413. The average molecular weight is 507 g/mol. The van der Waals surface area contributed by atoms with Crippen molar-refractivity contribution in [1.29, 1.82) is 0 Å². The first-order valence-electron chi connectivity index (χ1n) is 9.57.